The van der Waals surface area contributed by atoms with Crippen LogP contribution in [0.1, 0.15) is 18.2 Å². The van der Waals surface area contributed by atoms with Crippen molar-refractivity contribution < 1.29 is 0 Å². The van der Waals surface area contributed by atoms with Gasteiger partial charge in [0.1, 0.15) is 0 Å². The molecule has 2 heteroatoms. The Balaban J connectivity index is 2.43. The van der Waals surface area contributed by atoms with Gasteiger partial charge in [-0.15, -0.1) is 0 Å². The second-order valence-electron chi connectivity index (χ2n) is 3.60. The van der Waals surface area contributed by atoms with E-state index in [2.05, 4.69) is 41.5 Å². The summed E-state index contributed by atoms with van der Waals surface area (Å²) in [5.41, 5.74) is 3.88. The third-order valence-corrected chi connectivity index (χ3v) is 2.50. The van der Waals surface area contributed by atoms with Gasteiger partial charge in [0.05, 0.1) is 0 Å². The molecule has 1 aromatic heterocycles. The van der Waals surface area contributed by atoms with Crippen molar-refractivity contribution in [3.8, 4) is 0 Å². The summed E-state index contributed by atoms with van der Waals surface area (Å²) in [6.07, 6.45) is 1.07. The van der Waals surface area contributed by atoms with Gasteiger partial charge in [-0.1, -0.05) is 13.0 Å². The predicted octanol–water partition coefficient (Wildman–Crippen LogP) is 2.45. The lowest BCUT2D eigenvalue weighted by Gasteiger charge is -1.98. The van der Waals surface area contributed by atoms with Crippen LogP contribution in [-0.4, -0.2) is 12.0 Å². The molecule has 74 valence electrons. The van der Waals surface area contributed by atoms with Crippen LogP contribution >= 0.6 is 0 Å². The summed E-state index contributed by atoms with van der Waals surface area (Å²) in [5.74, 6) is 0. The number of nitrogens with one attached hydrogen (secondary N) is 2. The lowest BCUT2D eigenvalue weighted by molar-refractivity contribution is 0.819. The number of aromatic nitrogens is 1. The molecular formula is C12H16N2. The number of fused-ring (bicyclic) bond motifs is 1. The zero-order valence-corrected chi connectivity index (χ0v) is 8.72. The number of benzene rings is 1. The van der Waals surface area contributed by atoms with E-state index in [4.69, 9.17) is 0 Å². The summed E-state index contributed by atoms with van der Waals surface area (Å²) in [5, 5.41) is 4.47. The average molecular weight is 188 g/mol. The predicted molar refractivity (Wildman–Crippen MR) is 60.4 cm³/mol. The van der Waals surface area contributed by atoms with Crippen LogP contribution in [0.2, 0.25) is 0 Å². The topological polar surface area (TPSA) is 27.8 Å². The third-order valence-electron chi connectivity index (χ3n) is 2.50. The maximum atomic E-state index is 3.39. The van der Waals surface area contributed by atoms with E-state index in [-0.39, 0.29) is 0 Å². The van der Waals surface area contributed by atoms with E-state index in [9.17, 15) is 0 Å². The van der Waals surface area contributed by atoms with Gasteiger partial charge in [0.2, 0.25) is 0 Å². The van der Waals surface area contributed by atoms with Crippen molar-refractivity contribution in [3.63, 3.8) is 0 Å². The quantitative estimate of drug-likeness (QED) is 0.760. The fraction of sp³-hybridized carbons (Fsp3) is 0.333. The number of aromatic amines is 1. The summed E-state index contributed by atoms with van der Waals surface area (Å²) in [4.78, 5) is 3.39. The van der Waals surface area contributed by atoms with Crippen LogP contribution < -0.4 is 5.32 Å². The maximum absolute atomic E-state index is 3.39. The van der Waals surface area contributed by atoms with E-state index >= 15 is 0 Å². The van der Waals surface area contributed by atoms with Crippen LogP contribution in [0, 0.1) is 0 Å². The molecule has 0 spiro atoms. The van der Waals surface area contributed by atoms with Crippen LogP contribution in [0.4, 0.5) is 0 Å². The van der Waals surface area contributed by atoms with Crippen molar-refractivity contribution in [2.75, 3.05) is 7.05 Å². The van der Waals surface area contributed by atoms with Crippen molar-refractivity contribution in [3.05, 3.63) is 35.5 Å². The van der Waals surface area contributed by atoms with Gasteiger partial charge < -0.3 is 10.3 Å². The highest BCUT2D eigenvalue weighted by Gasteiger charge is 1.99. The Hall–Kier alpha value is -1.28. The van der Waals surface area contributed by atoms with Crippen molar-refractivity contribution in [1.82, 2.24) is 10.3 Å². The minimum absolute atomic E-state index is 0.933. The fourth-order valence-electron chi connectivity index (χ4n) is 1.75. The Morgan fingerprint density at radius 2 is 2.14 bits per heavy atom. The molecule has 0 radical (unpaired) electrons. The highest BCUT2D eigenvalue weighted by molar-refractivity contribution is 5.81. The Morgan fingerprint density at radius 1 is 1.29 bits per heavy atom. The lowest BCUT2D eigenvalue weighted by atomic mass is 10.1. The van der Waals surface area contributed by atoms with Gasteiger partial charge in [0.15, 0.2) is 0 Å². The zero-order valence-electron chi connectivity index (χ0n) is 8.72. The summed E-state index contributed by atoms with van der Waals surface area (Å²) >= 11 is 0. The van der Waals surface area contributed by atoms with Gasteiger partial charge in [-0.3, -0.25) is 0 Å². The molecule has 2 N–H and O–H groups in total. The molecular weight excluding hydrogens is 172 g/mol. The number of rotatable bonds is 3. The first kappa shape index (κ1) is 9.28. The smallest absolute Gasteiger partial charge is 0.0456 e. The van der Waals surface area contributed by atoms with E-state index in [0.29, 0.717) is 0 Å². The number of hydrogen-bond acceptors (Lipinski definition) is 1. The first-order chi connectivity index (χ1) is 6.83. The van der Waals surface area contributed by atoms with Gasteiger partial charge in [-0.2, -0.15) is 0 Å². The summed E-state index contributed by atoms with van der Waals surface area (Å²) < 4.78 is 0. The number of aryl methyl sites for hydroxylation is 1. The van der Waals surface area contributed by atoms with Crippen LogP contribution in [-0.2, 0) is 13.0 Å². The van der Waals surface area contributed by atoms with Gasteiger partial charge in [-0.05, 0) is 42.6 Å². The molecule has 0 unspecified atom stereocenters. The Morgan fingerprint density at radius 3 is 2.86 bits per heavy atom. The molecule has 1 aromatic carbocycles. The van der Waals surface area contributed by atoms with E-state index in [0.717, 1.165) is 13.0 Å². The normalized spacial score (nSPS) is 11.0. The standard InChI is InChI=1S/C12H16N2/c1-3-11-7-10-6-9(8-13-2)4-5-12(10)14-11/h4-7,13-14H,3,8H2,1-2H3. The minimum Gasteiger partial charge on any atom is -0.358 e. The Labute approximate surface area is 84.3 Å². The molecule has 0 aliphatic heterocycles. The molecule has 0 saturated carbocycles. The summed E-state index contributed by atoms with van der Waals surface area (Å²) in [7, 11) is 1.97. The highest BCUT2D eigenvalue weighted by Crippen LogP contribution is 2.17. The minimum atomic E-state index is 0.933. The third kappa shape index (κ3) is 1.66. The highest BCUT2D eigenvalue weighted by atomic mass is 14.8. The molecule has 2 aromatic rings. The van der Waals surface area contributed by atoms with E-state index in [1.54, 1.807) is 0 Å². The second kappa shape index (κ2) is 3.84. The van der Waals surface area contributed by atoms with E-state index in [1.165, 1.54) is 22.2 Å². The molecule has 0 aliphatic rings. The van der Waals surface area contributed by atoms with Crippen LogP contribution in [0.5, 0.6) is 0 Å². The molecule has 1 heterocycles. The molecule has 2 rings (SSSR count). The van der Waals surface area contributed by atoms with Crippen molar-refractivity contribution in [2.24, 2.45) is 0 Å². The fourth-order valence-corrected chi connectivity index (χ4v) is 1.75. The maximum Gasteiger partial charge on any atom is 0.0456 e. The largest absolute Gasteiger partial charge is 0.358 e. The Bertz CT molecular complexity index is 429. The molecule has 0 aliphatic carbocycles. The first-order valence-corrected chi connectivity index (χ1v) is 5.08. The molecule has 0 saturated heterocycles. The SMILES string of the molecule is CCc1cc2cc(CNC)ccc2[nH]1. The van der Waals surface area contributed by atoms with E-state index in [1.807, 2.05) is 7.05 Å². The molecule has 0 amide bonds. The molecule has 0 bridgehead atoms. The molecule has 2 nitrogen and oxygen atoms in total. The van der Waals surface area contributed by atoms with Gasteiger partial charge in [0.25, 0.3) is 0 Å². The second-order valence-corrected chi connectivity index (χ2v) is 3.60. The van der Waals surface area contributed by atoms with Gasteiger partial charge >= 0.3 is 0 Å². The number of hydrogen-bond donors (Lipinski definition) is 2. The van der Waals surface area contributed by atoms with Gasteiger partial charge in [0, 0.05) is 17.8 Å². The molecule has 0 fully saturated rings. The molecule has 0 atom stereocenters. The van der Waals surface area contributed by atoms with Crippen molar-refractivity contribution >= 4 is 10.9 Å². The first-order valence-electron chi connectivity index (χ1n) is 5.08. The van der Waals surface area contributed by atoms with Crippen LogP contribution in [0.3, 0.4) is 0 Å². The lowest BCUT2D eigenvalue weighted by Crippen LogP contribution is -2.04. The van der Waals surface area contributed by atoms with Crippen molar-refractivity contribution in [2.45, 2.75) is 19.9 Å². The monoisotopic (exact) mass is 188 g/mol. The molecule has 14 heavy (non-hydrogen) atoms. The Kier molecular flexibility index (Phi) is 2.55. The van der Waals surface area contributed by atoms with Crippen LogP contribution in [0.15, 0.2) is 24.3 Å². The van der Waals surface area contributed by atoms with Crippen LogP contribution in [0.25, 0.3) is 10.9 Å². The summed E-state index contributed by atoms with van der Waals surface area (Å²) in [6, 6.07) is 8.78. The summed E-state index contributed by atoms with van der Waals surface area (Å²) in [6.45, 7) is 3.10. The van der Waals surface area contributed by atoms with Gasteiger partial charge in [-0.25, -0.2) is 0 Å². The van der Waals surface area contributed by atoms with E-state index < -0.39 is 0 Å². The van der Waals surface area contributed by atoms with Crippen molar-refractivity contribution in [1.29, 1.82) is 0 Å². The zero-order chi connectivity index (χ0) is 9.97. The average Bonchev–Trinajstić information content (AvgIpc) is 2.60. The number of H-pyrrole nitrogens is 1.